The molecule has 47 heavy (non-hydrogen) atoms. The molecule has 0 heterocycles. The van der Waals surface area contributed by atoms with Crippen LogP contribution >= 0.6 is 0 Å². The standard InChI is InChI=1S/C20H38O7S.C16H17NO.Na/c1-5-9-11-16(7-3)14-26-19(21)13-18(28(23,24)25)20(22)27-15-17(8-4)12-10-6-2;1-17(2)16(18)15(13-9-5-3-6-10-13)14-11-7-4-8-12-14;/h16-18H,5-15H2,1-4H3,(H,23,24,25);3-12,15H,1-2H3;/q;;+1/p-1. The molecule has 0 aliphatic rings. The number of likely N-dealkylation sites (N-methyl/N-ethyl adjacent to an activating group) is 1. The van der Waals surface area contributed by atoms with Crippen molar-refractivity contribution in [3.05, 3.63) is 71.8 Å². The van der Waals surface area contributed by atoms with Crippen LogP contribution in [0.1, 0.15) is 103 Å². The summed E-state index contributed by atoms with van der Waals surface area (Å²) in [5.41, 5.74) is 2.06. The third-order valence-electron chi connectivity index (χ3n) is 7.94. The average Bonchev–Trinajstić information content (AvgIpc) is 3.04. The number of carbonyl (C=O) groups is 3. The van der Waals surface area contributed by atoms with Crippen molar-refractivity contribution in [2.75, 3.05) is 27.3 Å². The van der Waals surface area contributed by atoms with Crippen LogP contribution in [0.5, 0.6) is 0 Å². The Morgan fingerprint density at radius 1 is 0.745 bits per heavy atom. The molecule has 11 heteroatoms. The fourth-order valence-electron chi connectivity index (χ4n) is 4.84. The number of ether oxygens (including phenoxy) is 2. The first kappa shape index (κ1) is 44.8. The Labute approximate surface area is 305 Å². The average molecular weight is 684 g/mol. The third kappa shape index (κ3) is 17.6. The van der Waals surface area contributed by atoms with Crippen LogP contribution in [0.25, 0.3) is 0 Å². The predicted octanol–water partition coefficient (Wildman–Crippen LogP) is 3.72. The molecule has 258 valence electrons. The van der Waals surface area contributed by atoms with Gasteiger partial charge in [0.15, 0.2) is 5.25 Å². The van der Waals surface area contributed by atoms with E-state index in [1.54, 1.807) is 19.0 Å². The van der Waals surface area contributed by atoms with Crippen LogP contribution in [0.2, 0.25) is 0 Å². The van der Waals surface area contributed by atoms with Crippen LogP contribution in [0.4, 0.5) is 0 Å². The Bertz CT molecular complexity index is 1220. The monoisotopic (exact) mass is 683 g/mol. The first-order valence-corrected chi connectivity index (χ1v) is 17.9. The number of benzene rings is 2. The second-order valence-electron chi connectivity index (χ2n) is 11.8. The number of hydrogen-bond acceptors (Lipinski definition) is 8. The summed E-state index contributed by atoms with van der Waals surface area (Å²) in [6.45, 7) is 8.26. The van der Waals surface area contributed by atoms with Crippen LogP contribution in [-0.2, 0) is 34.0 Å². The van der Waals surface area contributed by atoms with Crippen LogP contribution in [0, 0.1) is 11.8 Å². The molecule has 0 aromatic heterocycles. The zero-order chi connectivity index (χ0) is 34.5. The summed E-state index contributed by atoms with van der Waals surface area (Å²) < 4.78 is 44.6. The summed E-state index contributed by atoms with van der Waals surface area (Å²) in [6.07, 6.45) is 6.58. The summed E-state index contributed by atoms with van der Waals surface area (Å²) in [5.74, 6) is -1.86. The van der Waals surface area contributed by atoms with Gasteiger partial charge in [0.05, 0.1) is 25.6 Å². The molecule has 2 rings (SSSR count). The molecule has 1 amide bonds. The number of rotatable bonds is 19. The normalized spacial score (nSPS) is 12.9. The molecule has 0 N–H and O–H groups in total. The summed E-state index contributed by atoms with van der Waals surface area (Å²) in [5, 5.41) is -2.06. The number of hydrogen-bond donors (Lipinski definition) is 0. The van der Waals surface area contributed by atoms with E-state index in [0.29, 0.717) is 0 Å². The molecule has 0 bridgehead atoms. The molecule has 3 atom stereocenters. The largest absolute Gasteiger partial charge is 1.00 e. The first-order valence-electron chi connectivity index (χ1n) is 16.5. The number of nitrogens with zero attached hydrogens (tertiary/aromatic N) is 1. The van der Waals surface area contributed by atoms with Gasteiger partial charge in [-0.05, 0) is 35.8 Å². The van der Waals surface area contributed by atoms with Crippen LogP contribution in [0.15, 0.2) is 60.7 Å². The summed E-state index contributed by atoms with van der Waals surface area (Å²) in [4.78, 5) is 38.2. The van der Waals surface area contributed by atoms with Crippen LogP contribution < -0.4 is 29.6 Å². The van der Waals surface area contributed by atoms with Crippen LogP contribution in [-0.4, -0.2) is 68.3 Å². The molecular formula is C36H54NNaO8S. The maximum absolute atomic E-state index is 12.4. The van der Waals surface area contributed by atoms with Gasteiger partial charge in [0.25, 0.3) is 0 Å². The van der Waals surface area contributed by atoms with Gasteiger partial charge in [-0.2, -0.15) is 0 Å². The van der Waals surface area contributed by atoms with E-state index in [-0.39, 0.29) is 66.4 Å². The van der Waals surface area contributed by atoms with Crippen molar-refractivity contribution < 1.29 is 66.4 Å². The fourth-order valence-corrected chi connectivity index (χ4v) is 5.48. The molecule has 2 aromatic rings. The number of unbranched alkanes of at least 4 members (excludes halogenated alkanes) is 2. The van der Waals surface area contributed by atoms with Crippen molar-refractivity contribution in [3.63, 3.8) is 0 Å². The first-order chi connectivity index (χ1) is 21.9. The minimum Gasteiger partial charge on any atom is -0.747 e. The van der Waals surface area contributed by atoms with E-state index >= 15 is 0 Å². The van der Waals surface area contributed by atoms with E-state index in [1.165, 1.54) is 0 Å². The molecule has 0 aliphatic carbocycles. The second kappa shape index (κ2) is 24.8. The Morgan fingerprint density at radius 2 is 1.17 bits per heavy atom. The molecule has 2 aromatic carbocycles. The quantitative estimate of drug-likeness (QED) is 0.125. The van der Waals surface area contributed by atoms with Gasteiger partial charge >= 0.3 is 41.5 Å². The van der Waals surface area contributed by atoms with Crippen molar-refractivity contribution >= 4 is 28.0 Å². The molecule has 0 aliphatic heterocycles. The molecule has 0 saturated heterocycles. The van der Waals surface area contributed by atoms with E-state index in [2.05, 4.69) is 13.8 Å². The van der Waals surface area contributed by atoms with E-state index in [9.17, 15) is 27.4 Å². The topological polar surface area (TPSA) is 130 Å². The van der Waals surface area contributed by atoms with Gasteiger partial charge < -0.3 is 18.9 Å². The molecule has 0 spiro atoms. The fraction of sp³-hybridized carbons (Fsp3) is 0.583. The minimum atomic E-state index is -5.01. The van der Waals surface area contributed by atoms with Gasteiger partial charge in [0.2, 0.25) is 5.91 Å². The SMILES string of the molecule is CCCCC(CC)COC(=O)CC(C(=O)OCC(CC)CCCC)S(=O)(=O)[O-].CN(C)C(=O)C(c1ccccc1)c1ccccc1.[Na+]. The molecule has 0 radical (unpaired) electrons. The van der Waals surface area contributed by atoms with Gasteiger partial charge in [0, 0.05) is 14.1 Å². The predicted molar refractivity (Wildman–Crippen MR) is 180 cm³/mol. The number of carbonyl (C=O) groups excluding carboxylic acids is 3. The van der Waals surface area contributed by atoms with Crippen molar-refractivity contribution in [3.8, 4) is 0 Å². The van der Waals surface area contributed by atoms with Crippen molar-refractivity contribution in [1.29, 1.82) is 0 Å². The Hall–Kier alpha value is -2.24. The molecule has 0 fully saturated rings. The Kier molecular flexibility index (Phi) is 23.7. The molecule has 3 unspecified atom stereocenters. The second-order valence-corrected chi connectivity index (χ2v) is 13.4. The minimum absolute atomic E-state index is 0. The van der Waals surface area contributed by atoms with Gasteiger partial charge in [0.1, 0.15) is 10.1 Å². The summed E-state index contributed by atoms with van der Waals surface area (Å²) >= 11 is 0. The zero-order valence-electron chi connectivity index (χ0n) is 29.5. The van der Waals surface area contributed by atoms with E-state index in [4.69, 9.17) is 9.47 Å². The third-order valence-corrected chi connectivity index (χ3v) is 9.00. The van der Waals surface area contributed by atoms with Gasteiger partial charge in [-0.25, -0.2) is 8.42 Å². The number of amides is 1. The Morgan fingerprint density at radius 3 is 1.53 bits per heavy atom. The zero-order valence-corrected chi connectivity index (χ0v) is 32.3. The van der Waals surface area contributed by atoms with Gasteiger partial charge in [-0.15, -0.1) is 0 Å². The maximum atomic E-state index is 12.4. The van der Waals surface area contributed by atoms with E-state index in [1.807, 2.05) is 74.5 Å². The molecular weight excluding hydrogens is 629 g/mol. The number of esters is 2. The Balaban J connectivity index is 0.000000955. The van der Waals surface area contributed by atoms with Crippen LogP contribution in [0.3, 0.4) is 0 Å². The van der Waals surface area contributed by atoms with Gasteiger partial charge in [-0.1, -0.05) is 127 Å². The molecule has 9 nitrogen and oxygen atoms in total. The van der Waals surface area contributed by atoms with E-state index in [0.717, 1.165) is 62.5 Å². The summed E-state index contributed by atoms with van der Waals surface area (Å²) in [6, 6.07) is 19.8. The van der Waals surface area contributed by atoms with Crippen molar-refractivity contribution in [2.45, 2.75) is 96.7 Å². The van der Waals surface area contributed by atoms with Crippen molar-refractivity contribution in [2.24, 2.45) is 11.8 Å². The van der Waals surface area contributed by atoms with Gasteiger partial charge in [-0.3, -0.25) is 14.4 Å². The van der Waals surface area contributed by atoms with E-state index < -0.39 is 33.7 Å². The van der Waals surface area contributed by atoms with Crippen molar-refractivity contribution in [1.82, 2.24) is 4.90 Å². The molecule has 0 saturated carbocycles. The maximum Gasteiger partial charge on any atom is 1.00 e. The smallest absolute Gasteiger partial charge is 0.747 e. The summed E-state index contributed by atoms with van der Waals surface area (Å²) in [7, 11) is -1.43.